The molecule has 0 amide bonds. The lowest BCUT2D eigenvalue weighted by Crippen LogP contribution is -2.32. The minimum Gasteiger partial charge on any atom is -0.377 e. The van der Waals surface area contributed by atoms with E-state index in [9.17, 15) is 0 Å². The third kappa shape index (κ3) is 10.1. The summed E-state index contributed by atoms with van der Waals surface area (Å²) in [7, 11) is 2.13. The highest BCUT2D eigenvalue weighted by Gasteiger charge is 2.20. The number of hydrogen-bond acceptors (Lipinski definition) is 7. The molecule has 1 aromatic carbocycles. The first-order valence-corrected chi connectivity index (χ1v) is 16.2. The van der Waals surface area contributed by atoms with Gasteiger partial charge in [0, 0.05) is 42.2 Å². The summed E-state index contributed by atoms with van der Waals surface area (Å²) in [5.41, 5.74) is 5.01. The van der Waals surface area contributed by atoms with Crippen molar-refractivity contribution in [3.63, 3.8) is 0 Å². The van der Waals surface area contributed by atoms with Crippen LogP contribution >= 0.6 is 23.5 Å². The molecule has 0 unspecified atom stereocenters. The smallest absolute Gasteiger partial charge is 0.178 e. The van der Waals surface area contributed by atoms with Crippen molar-refractivity contribution < 1.29 is 0 Å². The van der Waals surface area contributed by atoms with Crippen LogP contribution in [0.4, 0.5) is 5.82 Å². The van der Waals surface area contributed by atoms with Crippen LogP contribution in [-0.4, -0.2) is 58.9 Å². The largest absolute Gasteiger partial charge is 0.377 e. The predicted molar refractivity (Wildman–Crippen MR) is 182 cm³/mol. The Hall–Kier alpha value is -2.61. The monoisotopic (exact) mass is 577 g/mol. The zero-order valence-electron chi connectivity index (χ0n) is 25.3. The van der Waals surface area contributed by atoms with E-state index in [-0.39, 0.29) is 0 Å². The molecule has 2 aromatic rings. The second-order valence-corrected chi connectivity index (χ2v) is 11.3. The lowest BCUT2D eigenvalue weighted by molar-refractivity contribution is 0.247. The third-order valence-corrected chi connectivity index (χ3v) is 8.40. The zero-order valence-corrected chi connectivity index (χ0v) is 27.0. The molecule has 7 heteroatoms. The van der Waals surface area contributed by atoms with Gasteiger partial charge in [-0.3, -0.25) is 4.90 Å². The fraction of sp³-hybridized carbons (Fsp3) is 0.424. The van der Waals surface area contributed by atoms with Crippen molar-refractivity contribution in [2.24, 2.45) is 4.99 Å². The number of allylic oxidation sites excluding steroid dienone is 3. The first-order chi connectivity index (χ1) is 19.5. The highest BCUT2D eigenvalue weighted by molar-refractivity contribution is 8.11. The molecule has 0 bridgehead atoms. The molecule has 0 N–H and O–H groups in total. The van der Waals surface area contributed by atoms with Gasteiger partial charge in [0.15, 0.2) is 5.82 Å². The van der Waals surface area contributed by atoms with Crippen molar-refractivity contribution in [1.82, 2.24) is 19.8 Å². The van der Waals surface area contributed by atoms with E-state index < -0.39 is 0 Å². The van der Waals surface area contributed by atoms with Crippen LogP contribution in [0.2, 0.25) is 0 Å². The van der Waals surface area contributed by atoms with Gasteiger partial charge in [0.05, 0.1) is 0 Å². The molecule has 1 aromatic heterocycles. The summed E-state index contributed by atoms with van der Waals surface area (Å²) in [6, 6.07) is 10.7. The van der Waals surface area contributed by atoms with Crippen molar-refractivity contribution in [2.45, 2.75) is 60.4 Å². The molecule has 0 fully saturated rings. The number of nitrogens with zero attached hydrogens (tertiary/aromatic N) is 5. The molecular formula is C33H47N5S2. The molecule has 0 aliphatic carbocycles. The van der Waals surface area contributed by atoms with Gasteiger partial charge in [-0.25, -0.2) is 15.0 Å². The fourth-order valence-corrected chi connectivity index (χ4v) is 5.90. The average Bonchev–Trinajstić information content (AvgIpc) is 3.00. The Balaban J connectivity index is 0.00000274. The first kappa shape index (κ1) is 33.6. The SMILES string of the molecule is C=CS/C(=C\CC)c1nc(N=C)c(/C=C(\C)N(C)CCN(CC)Cc2ccccc2)nc1C1=CCCCS1.CC. The van der Waals surface area contributed by atoms with Gasteiger partial charge in [0.25, 0.3) is 0 Å². The summed E-state index contributed by atoms with van der Waals surface area (Å²) in [6.07, 6.45) is 9.74. The maximum atomic E-state index is 5.15. The molecule has 5 nitrogen and oxygen atoms in total. The quantitative estimate of drug-likeness (QED) is 0.209. The topological polar surface area (TPSA) is 44.6 Å². The molecule has 40 heavy (non-hydrogen) atoms. The maximum absolute atomic E-state index is 5.15. The zero-order chi connectivity index (χ0) is 29.3. The van der Waals surface area contributed by atoms with Crippen molar-refractivity contribution in [2.75, 3.05) is 32.4 Å². The number of benzene rings is 1. The van der Waals surface area contributed by atoms with Gasteiger partial charge in [-0.2, -0.15) is 0 Å². The predicted octanol–water partition coefficient (Wildman–Crippen LogP) is 9.15. The van der Waals surface area contributed by atoms with E-state index in [1.165, 1.54) is 16.9 Å². The van der Waals surface area contributed by atoms with E-state index in [1.807, 2.05) is 31.0 Å². The van der Waals surface area contributed by atoms with Gasteiger partial charge in [-0.05, 0) is 62.2 Å². The van der Waals surface area contributed by atoms with Gasteiger partial charge in [0.1, 0.15) is 17.1 Å². The van der Waals surface area contributed by atoms with Crippen molar-refractivity contribution >= 4 is 51.9 Å². The molecule has 0 saturated carbocycles. The highest BCUT2D eigenvalue weighted by Crippen LogP contribution is 2.40. The molecule has 0 radical (unpaired) electrons. The number of likely N-dealkylation sites (N-methyl/N-ethyl adjacent to an activating group) is 2. The lowest BCUT2D eigenvalue weighted by Gasteiger charge is -2.26. The Kier molecular flexibility index (Phi) is 15.7. The van der Waals surface area contributed by atoms with Crippen molar-refractivity contribution in [1.29, 1.82) is 0 Å². The number of aromatic nitrogens is 2. The standard InChI is InChI=1S/C31H41N5S2.C2H6/c1-7-15-27(37-9-3)30-29(28-18-13-14-21-38-28)33-26(31(32-5)34-30)22-24(4)35(6)19-20-36(8-2)23-25-16-11-10-12-17-25;1-2/h9-12,15-18,22H,3,5,7-8,13-14,19-21,23H2,1-2,4,6H3;1-2H3/b24-22+,27-15-;. The van der Waals surface area contributed by atoms with Gasteiger partial charge in [-0.15, -0.1) is 11.8 Å². The Labute approximate surface area is 251 Å². The van der Waals surface area contributed by atoms with Crippen LogP contribution in [0.25, 0.3) is 15.9 Å². The van der Waals surface area contributed by atoms with Crippen LogP contribution in [0.1, 0.15) is 76.5 Å². The Morgan fingerprint density at radius 3 is 2.50 bits per heavy atom. The van der Waals surface area contributed by atoms with E-state index in [1.54, 1.807) is 11.8 Å². The third-order valence-electron chi connectivity index (χ3n) is 6.45. The van der Waals surface area contributed by atoms with Gasteiger partial charge in [0.2, 0.25) is 0 Å². The molecule has 216 valence electrons. The van der Waals surface area contributed by atoms with Gasteiger partial charge < -0.3 is 4.90 Å². The molecule has 0 saturated heterocycles. The number of thioether (sulfide) groups is 2. The number of rotatable bonds is 14. The lowest BCUT2D eigenvalue weighted by atomic mass is 10.2. The van der Waals surface area contributed by atoms with Crippen molar-refractivity contribution in [3.8, 4) is 0 Å². The van der Waals surface area contributed by atoms with E-state index in [0.29, 0.717) is 5.82 Å². The van der Waals surface area contributed by atoms with Crippen LogP contribution in [0.15, 0.2) is 65.2 Å². The second-order valence-electron chi connectivity index (χ2n) is 9.17. The highest BCUT2D eigenvalue weighted by atomic mass is 32.2. The summed E-state index contributed by atoms with van der Waals surface area (Å²) >= 11 is 3.44. The van der Waals surface area contributed by atoms with Crippen LogP contribution in [0.5, 0.6) is 0 Å². The molecule has 0 atom stereocenters. The van der Waals surface area contributed by atoms with Crippen molar-refractivity contribution in [3.05, 3.63) is 82.8 Å². The average molecular weight is 578 g/mol. The Morgan fingerprint density at radius 2 is 1.90 bits per heavy atom. The molecule has 0 spiro atoms. The van der Waals surface area contributed by atoms with E-state index in [2.05, 4.69) is 104 Å². The summed E-state index contributed by atoms with van der Waals surface area (Å²) in [5.74, 6) is 1.66. The molecule has 1 aliphatic heterocycles. The van der Waals surface area contributed by atoms with Crippen LogP contribution in [-0.2, 0) is 6.54 Å². The van der Waals surface area contributed by atoms with Gasteiger partial charge >= 0.3 is 0 Å². The summed E-state index contributed by atoms with van der Waals surface area (Å²) in [4.78, 5) is 21.4. The second kappa shape index (κ2) is 18.7. The summed E-state index contributed by atoms with van der Waals surface area (Å²) in [5, 5.41) is 1.85. The molecule has 3 rings (SSSR count). The van der Waals surface area contributed by atoms with E-state index >= 15 is 0 Å². The number of aliphatic imine (C=N–C) groups is 1. The van der Waals surface area contributed by atoms with Crippen LogP contribution in [0.3, 0.4) is 0 Å². The summed E-state index contributed by atoms with van der Waals surface area (Å²) < 4.78 is 0. The maximum Gasteiger partial charge on any atom is 0.178 e. The molecule has 2 heterocycles. The van der Waals surface area contributed by atoms with Gasteiger partial charge in [-0.1, -0.05) is 88.5 Å². The molecule has 1 aliphatic rings. The Bertz CT molecular complexity index is 1170. The molecular weight excluding hydrogens is 531 g/mol. The normalized spacial score (nSPS) is 13.8. The minimum atomic E-state index is 0.559. The minimum absolute atomic E-state index is 0.559. The van der Waals surface area contributed by atoms with E-state index in [0.717, 1.165) is 72.5 Å². The first-order valence-electron chi connectivity index (χ1n) is 14.4. The fourth-order valence-electron chi connectivity index (χ4n) is 4.16. The van der Waals surface area contributed by atoms with Crippen LogP contribution < -0.4 is 0 Å². The summed E-state index contributed by atoms with van der Waals surface area (Å²) in [6.45, 7) is 22.1. The number of hydrogen-bond donors (Lipinski definition) is 0. The Morgan fingerprint density at radius 1 is 1.15 bits per heavy atom. The van der Waals surface area contributed by atoms with Crippen LogP contribution in [0, 0.1) is 0 Å². The van der Waals surface area contributed by atoms with E-state index in [4.69, 9.17) is 9.97 Å².